The molecule has 0 radical (unpaired) electrons. The van der Waals surface area contributed by atoms with Crippen LogP contribution in [0.2, 0.25) is 0 Å². The largest absolute Gasteiger partial charge is 0.508 e. The fourth-order valence-corrected chi connectivity index (χ4v) is 8.76. The monoisotopic (exact) mass is 563 g/mol. The number of hydrogen-bond acceptors (Lipinski definition) is 8. The van der Waals surface area contributed by atoms with E-state index in [9.17, 15) is 24.9 Å². The molecule has 218 valence electrons. The van der Waals surface area contributed by atoms with Gasteiger partial charge in [0.2, 0.25) is 0 Å². The second-order valence-electron chi connectivity index (χ2n) is 12.8. The number of H-pyrrole nitrogens is 1. The SMILES string of the molecule is Cc1cn([C@H]2C[C@H](n3cc([C@]4(O)CC[C@H]5[C@@H]6CCc7cc(O)ccc7[C@H]6CC[C@@]54C)nn3)[C@@H](CO)O2)c(=O)[nH]c1=O. The highest BCUT2D eigenvalue weighted by atomic mass is 16.5. The van der Waals surface area contributed by atoms with Gasteiger partial charge in [0.05, 0.1) is 18.8 Å². The van der Waals surface area contributed by atoms with Crippen molar-refractivity contribution in [3.63, 3.8) is 0 Å². The number of rotatable bonds is 4. The van der Waals surface area contributed by atoms with Crippen LogP contribution in [0.15, 0.2) is 40.2 Å². The number of phenols is 1. The first-order chi connectivity index (χ1) is 19.6. The highest BCUT2D eigenvalue weighted by molar-refractivity contribution is 5.40. The average Bonchev–Trinajstić information content (AvgIpc) is 3.67. The standard InChI is InChI=1S/C30H37N5O6/c1-16-13-34(28(39)31-27(16)38)26-12-23(24(15-36)41-26)35-14-25(32-33-35)30(40)10-8-22-21-5-3-17-11-18(37)4-6-19(17)20(21)7-9-29(22,30)2/h4,6,11,13-14,20-24,26,36-37,40H,3,5,7-10,12,15H2,1-2H3,(H,31,38,39)/t20-,21-,22+,23+,24-,26-,29+,30-/m1/s1. The van der Waals surface area contributed by atoms with E-state index in [0.717, 1.165) is 32.1 Å². The van der Waals surface area contributed by atoms with Crippen LogP contribution >= 0.6 is 0 Å². The number of nitrogens with one attached hydrogen (secondary N) is 1. The summed E-state index contributed by atoms with van der Waals surface area (Å²) in [6.45, 7) is 3.55. The molecule has 11 heteroatoms. The van der Waals surface area contributed by atoms with Crippen LogP contribution in [0, 0.1) is 24.2 Å². The van der Waals surface area contributed by atoms with Crippen LogP contribution in [0.5, 0.6) is 5.75 Å². The number of aromatic nitrogens is 5. The Morgan fingerprint density at radius 2 is 2.00 bits per heavy atom. The number of benzene rings is 1. The Hall–Kier alpha value is -3.28. The van der Waals surface area contributed by atoms with Gasteiger partial charge in [-0.3, -0.25) is 14.3 Å². The van der Waals surface area contributed by atoms with Crippen molar-refractivity contribution in [3.8, 4) is 5.75 Å². The molecule has 1 saturated heterocycles. The van der Waals surface area contributed by atoms with Gasteiger partial charge in [0.1, 0.15) is 29.4 Å². The van der Waals surface area contributed by atoms with Gasteiger partial charge in [0, 0.05) is 23.6 Å². The zero-order valence-electron chi connectivity index (χ0n) is 23.4. The van der Waals surface area contributed by atoms with Crippen LogP contribution in [-0.2, 0) is 16.8 Å². The predicted molar refractivity (Wildman–Crippen MR) is 147 cm³/mol. The maximum atomic E-state index is 12.5. The van der Waals surface area contributed by atoms with Crippen molar-refractivity contribution in [2.24, 2.45) is 17.3 Å². The molecule has 0 spiro atoms. The van der Waals surface area contributed by atoms with Crippen LogP contribution in [0.25, 0.3) is 0 Å². The lowest BCUT2D eigenvalue weighted by molar-refractivity contribution is -0.111. The van der Waals surface area contributed by atoms with Gasteiger partial charge in [-0.1, -0.05) is 18.2 Å². The van der Waals surface area contributed by atoms with Crippen LogP contribution in [0.1, 0.15) is 86.0 Å². The van der Waals surface area contributed by atoms with Crippen molar-refractivity contribution in [3.05, 3.63) is 73.8 Å². The number of aromatic hydroxyl groups is 1. The molecule has 2 aromatic heterocycles. The number of aliphatic hydroxyl groups excluding tert-OH is 1. The van der Waals surface area contributed by atoms with Crippen LogP contribution in [0.4, 0.5) is 0 Å². The highest BCUT2D eigenvalue weighted by Crippen LogP contribution is 2.66. The molecule has 3 aliphatic carbocycles. The summed E-state index contributed by atoms with van der Waals surface area (Å²) in [5.74, 6) is 1.58. The Bertz CT molecular complexity index is 1610. The van der Waals surface area contributed by atoms with Crippen LogP contribution < -0.4 is 11.2 Å². The number of phenolic OH excluding ortho intramolecular Hbond substituents is 1. The molecule has 0 unspecified atom stereocenters. The third kappa shape index (κ3) is 3.89. The van der Waals surface area contributed by atoms with Crippen molar-refractivity contribution < 1.29 is 20.1 Å². The minimum absolute atomic E-state index is 0.278. The molecule has 3 heterocycles. The van der Waals surface area contributed by atoms with E-state index in [-0.39, 0.29) is 12.0 Å². The van der Waals surface area contributed by atoms with Gasteiger partial charge in [-0.25, -0.2) is 9.48 Å². The zero-order valence-corrected chi connectivity index (χ0v) is 23.4. The number of fused-ring (bicyclic) bond motifs is 5. The van der Waals surface area contributed by atoms with E-state index in [1.165, 1.54) is 21.9 Å². The molecule has 7 rings (SSSR count). The number of aliphatic hydroxyl groups is 2. The van der Waals surface area contributed by atoms with Gasteiger partial charge < -0.3 is 20.1 Å². The molecule has 0 amide bonds. The van der Waals surface area contributed by atoms with E-state index in [4.69, 9.17) is 4.74 Å². The van der Waals surface area contributed by atoms with Gasteiger partial charge in [0.15, 0.2) is 0 Å². The third-order valence-electron chi connectivity index (χ3n) is 11.0. The molecule has 2 saturated carbocycles. The quantitative estimate of drug-likeness (QED) is 0.377. The number of nitrogens with zero attached hydrogens (tertiary/aromatic N) is 4. The molecule has 4 N–H and O–H groups in total. The van der Waals surface area contributed by atoms with Crippen molar-refractivity contribution in [1.29, 1.82) is 0 Å². The Morgan fingerprint density at radius 1 is 1.17 bits per heavy atom. The summed E-state index contributed by atoms with van der Waals surface area (Å²) >= 11 is 0. The van der Waals surface area contributed by atoms with Gasteiger partial charge in [-0.2, -0.15) is 0 Å². The minimum atomic E-state index is -1.13. The zero-order chi connectivity index (χ0) is 28.7. The lowest BCUT2D eigenvalue weighted by Crippen LogP contribution is -2.49. The summed E-state index contributed by atoms with van der Waals surface area (Å²) in [5, 5.41) is 41.3. The second-order valence-corrected chi connectivity index (χ2v) is 12.8. The Balaban J connectivity index is 1.15. The molecule has 3 fully saturated rings. The van der Waals surface area contributed by atoms with Gasteiger partial charge >= 0.3 is 5.69 Å². The van der Waals surface area contributed by atoms with Crippen molar-refractivity contribution in [2.45, 2.75) is 88.7 Å². The topological polar surface area (TPSA) is 155 Å². The first-order valence-corrected chi connectivity index (χ1v) is 14.7. The summed E-state index contributed by atoms with van der Waals surface area (Å²) in [5.41, 5.74) is 1.04. The molecule has 1 aromatic carbocycles. The predicted octanol–water partition coefficient (Wildman–Crippen LogP) is 2.41. The van der Waals surface area contributed by atoms with E-state index in [2.05, 4.69) is 28.3 Å². The van der Waals surface area contributed by atoms with Crippen molar-refractivity contribution in [1.82, 2.24) is 24.5 Å². The van der Waals surface area contributed by atoms with Gasteiger partial charge in [-0.05, 0) is 86.5 Å². The fourth-order valence-electron chi connectivity index (χ4n) is 8.76. The second kappa shape index (κ2) is 9.37. The Morgan fingerprint density at radius 3 is 2.80 bits per heavy atom. The molecule has 3 aromatic rings. The fraction of sp³-hybridized carbons (Fsp3) is 0.600. The van der Waals surface area contributed by atoms with Crippen LogP contribution in [0.3, 0.4) is 0 Å². The lowest BCUT2D eigenvalue weighted by Gasteiger charge is -2.52. The van der Waals surface area contributed by atoms with E-state index in [1.54, 1.807) is 23.9 Å². The first-order valence-electron chi connectivity index (χ1n) is 14.7. The summed E-state index contributed by atoms with van der Waals surface area (Å²) in [7, 11) is 0. The number of aromatic amines is 1. The van der Waals surface area contributed by atoms with Crippen molar-refractivity contribution >= 4 is 0 Å². The van der Waals surface area contributed by atoms with Crippen LogP contribution in [-0.4, -0.2) is 52.6 Å². The number of aryl methyl sites for hydroxylation is 2. The maximum Gasteiger partial charge on any atom is 0.330 e. The Labute approximate surface area is 236 Å². The summed E-state index contributed by atoms with van der Waals surface area (Å²) in [6, 6.07) is 5.40. The summed E-state index contributed by atoms with van der Waals surface area (Å²) in [6.07, 6.45) is 7.64. The van der Waals surface area contributed by atoms with Gasteiger partial charge in [0.25, 0.3) is 5.56 Å². The Kier molecular flexibility index (Phi) is 6.08. The van der Waals surface area contributed by atoms with Crippen molar-refractivity contribution in [2.75, 3.05) is 6.61 Å². The van der Waals surface area contributed by atoms with Gasteiger partial charge in [-0.15, -0.1) is 5.10 Å². The molecule has 1 aliphatic heterocycles. The molecule has 0 bridgehead atoms. The summed E-state index contributed by atoms with van der Waals surface area (Å²) in [4.78, 5) is 26.6. The van der Waals surface area contributed by atoms with E-state index >= 15 is 0 Å². The maximum absolute atomic E-state index is 12.5. The number of ether oxygens (including phenoxy) is 1. The summed E-state index contributed by atoms with van der Waals surface area (Å²) < 4.78 is 9.02. The molecule has 41 heavy (non-hydrogen) atoms. The highest BCUT2D eigenvalue weighted by Gasteiger charge is 2.63. The molecular weight excluding hydrogens is 526 g/mol. The smallest absolute Gasteiger partial charge is 0.330 e. The molecule has 11 nitrogen and oxygen atoms in total. The average molecular weight is 564 g/mol. The minimum Gasteiger partial charge on any atom is -0.508 e. The molecule has 4 aliphatic rings. The normalized spacial score (nSPS) is 36.1. The third-order valence-corrected chi connectivity index (χ3v) is 11.0. The lowest BCUT2D eigenvalue weighted by atomic mass is 9.53. The number of hydrogen-bond donors (Lipinski definition) is 4. The first kappa shape index (κ1) is 26.6. The molecular formula is C30H37N5O6. The van der Waals surface area contributed by atoms with E-state index < -0.39 is 35.2 Å². The van der Waals surface area contributed by atoms with E-state index in [1.807, 2.05) is 6.07 Å². The van der Waals surface area contributed by atoms with E-state index in [0.29, 0.717) is 47.6 Å². The molecule has 8 atom stereocenters.